The number of hydrogen-bond donors (Lipinski definition) is 0. The quantitative estimate of drug-likeness (QED) is 0.596. The Bertz CT molecular complexity index is 277. The van der Waals surface area contributed by atoms with Crippen LogP contribution in [0, 0.1) is 11.8 Å². The molecule has 0 fully saturated rings. The average molecular weight is 179 g/mol. The van der Waals surface area contributed by atoms with E-state index in [2.05, 4.69) is 23.7 Å². The number of thiophene rings is 1. The first-order chi connectivity index (χ1) is 5.70. The van der Waals surface area contributed by atoms with Crippen molar-refractivity contribution in [3.8, 4) is 11.8 Å². The van der Waals surface area contributed by atoms with Crippen molar-refractivity contribution in [2.45, 2.75) is 13.0 Å². The van der Waals surface area contributed by atoms with E-state index >= 15 is 0 Å². The number of rotatable bonds is 1. The molecule has 0 saturated heterocycles. The molecule has 0 aliphatic carbocycles. The van der Waals surface area contributed by atoms with E-state index in [4.69, 9.17) is 0 Å². The van der Waals surface area contributed by atoms with Crippen molar-refractivity contribution >= 4 is 11.3 Å². The Kier molecular flexibility index (Phi) is 3.33. The molecule has 1 heterocycles. The van der Waals surface area contributed by atoms with Crippen LogP contribution in [0.4, 0.5) is 0 Å². The molecule has 0 bridgehead atoms. The lowest BCUT2D eigenvalue weighted by atomic mass is 10.3. The van der Waals surface area contributed by atoms with E-state index < -0.39 is 0 Å². The maximum atomic E-state index is 3.17. The third kappa shape index (κ3) is 2.69. The zero-order chi connectivity index (χ0) is 8.97. The van der Waals surface area contributed by atoms with Crippen LogP contribution >= 0.6 is 11.3 Å². The molecule has 0 aromatic carbocycles. The lowest BCUT2D eigenvalue weighted by Gasteiger charge is -2.12. The predicted octanol–water partition coefficient (Wildman–Crippen LogP) is 2.05. The summed E-state index contributed by atoms with van der Waals surface area (Å²) in [5, 5.41) is 2.05. The molecule has 12 heavy (non-hydrogen) atoms. The summed E-state index contributed by atoms with van der Waals surface area (Å²) in [6.07, 6.45) is 0. The highest BCUT2D eigenvalue weighted by Crippen LogP contribution is 2.05. The second-order valence-corrected chi connectivity index (χ2v) is 3.83. The maximum Gasteiger partial charge on any atom is 0.0768 e. The molecule has 2 heteroatoms. The standard InChI is InChI=1S/C10H13NS/c1-9(11(2)3)6-7-10-5-4-8-12-10/h4-5,8-9H,1-3H3. The molecule has 1 aromatic heterocycles. The molecule has 1 aromatic rings. The molecule has 1 atom stereocenters. The smallest absolute Gasteiger partial charge is 0.0768 e. The van der Waals surface area contributed by atoms with Crippen LogP contribution in [0.2, 0.25) is 0 Å². The van der Waals surface area contributed by atoms with E-state index in [1.807, 2.05) is 31.6 Å². The van der Waals surface area contributed by atoms with Crippen molar-refractivity contribution in [2.24, 2.45) is 0 Å². The molecule has 0 aliphatic rings. The van der Waals surface area contributed by atoms with Crippen LogP contribution < -0.4 is 0 Å². The van der Waals surface area contributed by atoms with Crippen molar-refractivity contribution in [3.05, 3.63) is 22.4 Å². The van der Waals surface area contributed by atoms with Gasteiger partial charge in [0.25, 0.3) is 0 Å². The SMILES string of the molecule is CC(C#Cc1cccs1)N(C)C. The zero-order valence-corrected chi connectivity index (χ0v) is 8.48. The molecular weight excluding hydrogens is 166 g/mol. The molecule has 1 nitrogen and oxygen atoms in total. The van der Waals surface area contributed by atoms with E-state index in [-0.39, 0.29) is 0 Å². The molecule has 64 valence electrons. The largest absolute Gasteiger partial charge is 0.296 e. The van der Waals surface area contributed by atoms with Gasteiger partial charge in [-0.15, -0.1) is 11.3 Å². The predicted molar refractivity (Wildman–Crippen MR) is 54.3 cm³/mol. The van der Waals surface area contributed by atoms with Crippen molar-refractivity contribution < 1.29 is 0 Å². The van der Waals surface area contributed by atoms with Gasteiger partial charge in [-0.25, -0.2) is 0 Å². The van der Waals surface area contributed by atoms with E-state index in [1.54, 1.807) is 11.3 Å². The van der Waals surface area contributed by atoms with Gasteiger partial charge in [0.1, 0.15) is 0 Å². The van der Waals surface area contributed by atoms with Gasteiger partial charge in [0.15, 0.2) is 0 Å². The lowest BCUT2D eigenvalue weighted by molar-refractivity contribution is 0.373. The van der Waals surface area contributed by atoms with E-state index in [1.165, 1.54) is 0 Å². The number of nitrogens with zero attached hydrogens (tertiary/aromatic N) is 1. The van der Waals surface area contributed by atoms with E-state index in [9.17, 15) is 0 Å². The van der Waals surface area contributed by atoms with Crippen LogP contribution in [0.5, 0.6) is 0 Å². The van der Waals surface area contributed by atoms with Crippen LogP contribution in [0.25, 0.3) is 0 Å². The Balaban J connectivity index is 2.60. The highest BCUT2D eigenvalue weighted by Gasteiger charge is 1.97. The second-order valence-electron chi connectivity index (χ2n) is 2.89. The molecule has 0 spiro atoms. The van der Waals surface area contributed by atoms with Crippen LogP contribution in [-0.2, 0) is 0 Å². The van der Waals surface area contributed by atoms with Gasteiger partial charge in [0, 0.05) is 0 Å². The lowest BCUT2D eigenvalue weighted by Crippen LogP contribution is -2.22. The Labute approximate surface area is 78.0 Å². The monoisotopic (exact) mass is 179 g/mol. The van der Waals surface area contributed by atoms with Gasteiger partial charge in [-0.2, -0.15) is 0 Å². The molecule has 0 amide bonds. The van der Waals surface area contributed by atoms with Crippen LogP contribution in [0.15, 0.2) is 17.5 Å². The van der Waals surface area contributed by atoms with E-state index in [0.29, 0.717) is 6.04 Å². The summed E-state index contributed by atoms with van der Waals surface area (Å²) < 4.78 is 0. The Morgan fingerprint density at radius 3 is 2.75 bits per heavy atom. The van der Waals surface area contributed by atoms with Gasteiger partial charge in [-0.05, 0) is 32.5 Å². The topological polar surface area (TPSA) is 3.24 Å². The minimum absolute atomic E-state index is 0.326. The third-order valence-corrected chi connectivity index (χ3v) is 2.49. The molecule has 0 radical (unpaired) electrons. The van der Waals surface area contributed by atoms with Crippen molar-refractivity contribution in [2.75, 3.05) is 14.1 Å². The molecule has 0 aliphatic heterocycles. The molecular formula is C10H13NS. The zero-order valence-electron chi connectivity index (χ0n) is 7.66. The van der Waals surface area contributed by atoms with Gasteiger partial charge in [0.05, 0.1) is 10.9 Å². The van der Waals surface area contributed by atoms with Crippen molar-refractivity contribution in [3.63, 3.8) is 0 Å². The van der Waals surface area contributed by atoms with Crippen molar-refractivity contribution in [1.29, 1.82) is 0 Å². The minimum atomic E-state index is 0.326. The summed E-state index contributed by atoms with van der Waals surface area (Å²) in [7, 11) is 4.07. The van der Waals surface area contributed by atoms with Crippen LogP contribution in [0.1, 0.15) is 11.8 Å². The normalized spacial score (nSPS) is 12.3. The highest BCUT2D eigenvalue weighted by molar-refractivity contribution is 7.10. The molecule has 0 N–H and O–H groups in total. The Morgan fingerprint density at radius 2 is 2.25 bits per heavy atom. The first kappa shape index (κ1) is 9.31. The summed E-state index contributed by atoms with van der Waals surface area (Å²) in [5.41, 5.74) is 0. The van der Waals surface area contributed by atoms with Gasteiger partial charge in [-0.1, -0.05) is 17.9 Å². The Hall–Kier alpha value is -0.780. The maximum absolute atomic E-state index is 3.17. The van der Waals surface area contributed by atoms with Gasteiger partial charge in [-0.3, -0.25) is 4.90 Å². The fourth-order valence-corrected chi connectivity index (χ4v) is 1.23. The fraction of sp³-hybridized carbons (Fsp3) is 0.400. The first-order valence-corrected chi connectivity index (χ1v) is 4.79. The van der Waals surface area contributed by atoms with Crippen molar-refractivity contribution in [1.82, 2.24) is 4.90 Å². The average Bonchev–Trinajstić information content (AvgIpc) is 2.51. The summed E-state index contributed by atoms with van der Waals surface area (Å²) in [6, 6.07) is 4.39. The molecule has 1 rings (SSSR count). The van der Waals surface area contributed by atoms with E-state index in [0.717, 1.165) is 4.88 Å². The van der Waals surface area contributed by atoms with Crippen LogP contribution in [0.3, 0.4) is 0 Å². The highest BCUT2D eigenvalue weighted by atomic mass is 32.1. The number of hydrogen-bond acceptors (Lipinski definition) is 2. The minimum Gasteiger partial charge on any atom is -0.296 e. The summed E-state index contributed by atoms with van der Waals surface area (Å²) in [4.78, 5) is 3.24. The van der Waals surface area contributed by atoms with Crippen LogP contribution in [-0.4, -0.2) is 25.0 Å². The third-order valence-electron chi connectivity index (χ3n) is 1.70. The summed E-state index contributed by atoms with van der Waals surface area (Å²) in [5.74, 6) is 6.30. The second kappa shape index (κ2) is 4.30. The van der Waals surface area contributed by atoms with Gasteiger partial charge < -0.3 is 0 Å². The molecule has 1 unspecified atom stereocenters. The summed E-state index contributed by atoms with van der Waals surface area (Å²) in [6.45, 7) is 2.10. The molecule has 0 saturated carbocycles. The first-order valence-electron chi connectivity index (χ1n) is 3.91. The Morgan fingerprint density at radius 1 is 1.50 bits per heavy atom. The van der Waals surface area contributed by atoms with Gasteiger partial charge >= 0.3 is 0 Å². The summed E-state index contributed by atoms with van der Waals surface area (Å²) >= 11 is 1.68. The van der Waals surface area contributed by atoms with Gasteiger partial charge in [0.2, 0.25) is 0 Å². The fourth-order valence-electron chi connectivity index (χ4n) is 0.654.